The Balaban J connectivity index is 1.55. The molecule has 1 aliphatic rings. The zero-order valence-corrected chi connectivity index (χ0v) is 17.0. The third kappa shape index (κ3) is 5.29. The van der Waals surface area contributed by atoms with E-state index in [9.17, 15) is 14.4 Å². The summed E-state index contributed by atoms with van der Waals surface area (Å²) in [5.41, 5.74) is 1.23. The number of esters is 1. The van der Waals surface area contributed by atoms with Crippen molar-refractivity contribution >= 4 is 40.9 Å². The first-order chi connectivity index (χ1) is 14.0. The molecule has 8 heteroatoms. The molecule has 2 atom stereocenters. The van der Waals surface area contributed by atoms with Crippen LogP contribution >= 0.6 is 11.8 Å². The first-order valence-corrected chi connectivity index (χ1v) is 10.1. The maximum absolute atomic E-state index is 12.4. The molecular weight excluding hydrogens is 392 g/mol. The first-order valence-electron chi connectivity index (χ1n) is 9.26. The molecule has 0 saturated heterocycles. The highest BCUT2D eigenvalue weighted by atomic mass is 32.2. The van der Waals surface area contributed by atoms with Crippen LogP contribution < -0.4 is 15.4 Å². The lowest BCUT2D eigenvalue weighted by atomic mass is 10.2. The van der Waals surface area contributed by atoms with Gasteiger partial charge >= 0.3 is 5.97 Å². The van der Waals surface area contributed by atoms with Crippen molar-refractivity contribution < 1.29 is 23.9 Å². The van der Waals surface area contributed by atoms with Gasteiger partial charge in [0.25, 0.3) is 5.91 Å². The number of fused-ring (bicyclic) bond motifs is 1. The highest BCUT2D eigenvalue weighted by molar-refractivity contribution is 8.01. The quantitative estimate of drug-likeness (QED) is 0.674. The summed E-state index contributed by atoms with van der Waals surface area (Å²) in [6.45, 7) is 3.79. The Hall–Kier alpha value is -3.00. The number of thioether (sulfide) groups is 1. The van der Waals surface area contributed by atoms with Gasteiger partial charge < -0.3 is 20.1 Å². The summed E-state index contributed by atoms with van der Waals surface area (Å²) >= 11 is 1.31. The minimum absolute atomic E-state index is 0.127. The predicted molar refractivity (Wildman–Crippen MR) is 111 cm³/mol. The number of ether oxygens (including phenoxy) is 2. The summed E-state index contributed by atoms with van der Waals surface area (Å²) in [4.78, 5) is 37.8. The van der Waals surface area contributed by atoms with Crippen LogP contribution in [0.2, 0.25) is 0 Å². The Labute approximate surface area is 173 Å². The summed E-state index contributed by atoms with van der Waals surface area (Å²) in [6.07, 6.45) is -1.14. The smallest absolute Gasteiger partial charge is 0.308 e. The van der Waals surface area contributed by atoms with E-state index in [4.69, 9.17) is 9.47 Å². The molecule has 2 N–H and O–H groups in total. The molecule has 0 spiro atoms. The van der Waals surface area contributed by atoms with Gasteiger partial charge in [0, 0.05) is 4.90 Å². The Morgan fingerprint density at radius 1 is 1.17 bits per heavy atom. The summed E-state index contributed by atoms with van der Waals surface area (Å²) < 4.78 is 10.7. The Kier molecular flexibility index (Phi) is 6.77. The Morgan fingerprint density at radius 2 is 1.90 bits per heavy atom. The molecule has 0 saturated carbocycles. The highest BCUT2D eigenvalue weighted by Crippen LogP contribution is 2.36. The van der Waals surface area contributed by atoms with Crippen LogP contribution in [0.3, 0.4) is 0 Å². The van der Waals surface area contributed by atoms with Gasteiger partial charge in [-0.25, -0.2) is 0 Å². The molecule has 2 aromatic rings. The molecular formula is C21H22N2O5S. The van der Waals surface area contributed by atoms with E-state index in [-0.39, 0.29) is 12.3 Å². The van der Waals surface area contributed by atoms with E-state index in [0.29, 0.717) is 18.0 Å². The number of carbonyl (C=O) groups excluding carboxylic acids is 3. The molecule has 0 aromatic heterocycles. The molecule has 1 aliphatic heterocycles. The van der Waals surface area contributed by atoms with E-state index in [0.717, 1.165) is 10.6 Å². The average molecular weight is 414 g/mol. The molecule has 152 valence electrons. The van der Waals surface area contributed by atoms with E-state index in [1.807, 2.05) is 25.1 Å². The number of para-hydroxylation sites is 3. The molecule has 0 unspecified atom stereocenters. The predicted octanol–water partition coefficient (Wildman–Crippen LogP) is 3.46. The summed E-state index contributed by atoms with van der Waals surface area (Å²) in [5.74, 6) is -0.807. The molecule has 0 radical (unpaired) electrons. The zero-order chi connectivity index (χ0) is 20.8. The molecule has 0 fully saturated rings. The topological polar surface area (TPSA) is 93.7 Å². The van der Waals surface area contributed by atoms with Crippen LogP contribution in [-0.2, 0) is 19.1 Å². The number of benzene rings is 2. The zero-order valence-electron chi connectivity index (χ0n) is 16.1. The molecule has 0 bridgehead atoms. The van der Waals surface area contributed by atoms with Crippen molar-refractivity contribution in [2.24, 2.45) is 0 Å². The van der Waals surface area contributed by atoms with Crippen molar-refractivity contribution in [3.05, 3.63) is 48.5 Å². The standard InChI is InChI=1S/C21H22N2O5S/c1-3-27-16-10-6-4-8-14(16)22-20(25)13(2)28-19(24)12-18-21(26)23-15-9-5-7-11-17(15)29-18/h4-11,13,18H,3,12H2,1-2H3,(H,22,25)(H,23,26)/t13-,18-/m1/s1. The van der Waals surface area contributed by atoms with Crippen LogP contribution in [0.15, 0.2) is 53.4 Å². The minimum Gasteiger partial charge on any atom is -0.492 e. The minimum atomic E-state index is -1.01. The molecule has 1 heterocycles. The number of amides is 2. The second kappa shape index (κ2) is 9.47. The Bertz CT molecular complexity index is 917. The third-order valence-corrected chi connectivity index (χ3v) is 5.46. The molecule has 0 aliphatic carbocycles. The van der Waals surface area contributed by atoms with Crippen LogP contribution in [0, 0.1) is 0 Å². The summed E-state index contributed by atoms with van der Waals surface area (Å²) in [6, 6.07) is 14.4. The van der Waals surface area contributed by atoms with Gasteiger partial charge in [-0.05, 0) is 38.1 Å². The molecule has 2 amide bonds. The largest absolute Gasteiger partial charge is 0.492 e. The van der Waals surface area contributed by atoms with Gasteiger partial charge in [0.15, 0.2) is 6.10 Å². The van der Waals surface area contributed by atoms with Crippen LogP contribution in [0.1, 0.15) is 20.3 Å². The second-order valence-electron chi connectivity index (χ2n) is 6.35. The average Bonchev–Trinajstić information content (AvgIpc) is 2.70. The van der Waals surface area contributed by atoms with Gasteiger partial charge in [-0.1, -0.05) is 24.3 Å². The number of hydrogen-bond donors (Lipinski definition) is 2. The lowest BCUT2D eigenvalue weighted by Gasteiger charge is -2.23. The maximum atomic E-state index is 12.4. The number of rotatable bonds is 7. The summed E-state index contributed by atoms with van der Waals surface area (Å²) in [5, 5.41) is 4.88. The van der Waals surface area contributed by atoms with E-state index >= 15 is 0 Å². The second-order valence-corrected chi connectivity index (χ2v) is 7.59. The van der Waals surface area contributed by atoms with Gasteiger partial charge in [0.05, 0.1) is 29.7 Å². The van der Waals surface area contributed by atoms with Crippen LogP contribution in [-0.4, -0.2) is 35.7 Å². The molecule has 3 rings (SSSR count). The van der Waals surface area contributed by atoms with E-state index in [1.54, 1.807) is 30.3 Å². The fraction of sp³-hybridized carbons (Fsp3) is 0.286. The lowest BCUT2D eigenvalue weighted by Crippen LogP contribution is -2.34. The molecule has 29 heavy (non-hydrogen) atoms. The van der Waals surface area contributed by atoms with E-state index in [2.05, 4.69) is 10.6 Å². The molecule has 7 nitrogen and oxygen atoms in total. The van der Waals surface area contributed by atoms with Gasteiger partial charge in [0.1, 0.15) is 5.75 Å². The van der Waals surface area contributed by atoms with Gasteiger partial charge in [-0.15, -0.1) is 11.8 Å². The van der Waals surface area contributed by atoms with Crippen molar-refractivity contribution in [1.82, 2.24) is 0 Å². The number of carbonyl (C=O) groups is 3. The normalized spacial score (nSPS) is 16.2. The number of hydrogen-bond acceptors (Lipinski definition) is 6. The van der Waals surface area contributed by atoms with Crippen molar-refractivity contribution in [3.8, 4) is 5.75 Å². The summed E-state index contributed by atoms with van der Waals surface area (Å²) in [7, 11) is 0. The number of anilines is 2. The fourth-order valence-electron chi connectivity index (χ4n) is 2.76. The fourth-order valence-corrected chi connectivity index (χ4v) is 3.86. The highest BCUT2D eigenvalue weighted by Gasteiger charge is 2.30. The van der Waals surface area contributed by atoms with Crippen LogP contribution in [0.25, 0.3) is 0 Å². The van der Waals surface area contributed by atoms with Crippen LogP contribution in [0.5, 0.6) is 5.75 Å². The van der Waals surface area contributed by atoms with Crippen molar-refractivity contribution in [2.75, 3.05) is 17.2 Å². The maximum Gasteiger partial charge on any atom is 0.308 e. The van der Waals surface area contributed by atoms with Gasteiger partial charge in [0.2, 0.25) is 5.91 Å². The monoisotopic (exact) mass is 414 g/mol. The van der Waals surface area contributed by atoms with E-state index in [1.165, 1.54) is 18.7 Å². The lowest BCUT2D eigenvalue weighted by molar-refractivity contribution is -0.153. The van der Waals surface area contributed by atoms with Crippen molar-refractivity contribution in [3.63, 3.8) is 0 Å². The van der Waals surface area contributed by atoms with Gasteiger partial charge in [-0.2, -0.15) is 0 Å². The first kappa shape index (κ1) is 20.7. The van der Waals surface area contributed by atoms with Gasteiger partial charge in [-0.3, -0.25) is 14.4 Å². The SMILES string of the molecule is CCOc1ccccc1NC(=O)[C@@H](C)OC(=O)C[C@H]1Sc2ccccc2NC1=O. The number of nitrogens with one attached hydrogen (secondary N) is 2. The van der Waals surface area contributed by atoms with Crippen molar-refractivity contribution in [1.29, 1.82) is 0 Å². The van der Waals surface area contributed by atoms with E-state index < -0.39 is 23.2 Å². The molecule has 2 aromatic carbocycles. The Morgan fingerprint density at radius 3 is 2.69 bits per heavy atom. The van der Waals surface area contributed by atoms with Crippen molar-refractivity contribution in [2.45, 2.75) is 36.5 Å². The van der Waals surface area contributed by atoms with Crippen LogP contribution in [0.4, 0.5) is 11.4 Å². The third-order valence-electron chi connectivity index (χ3n) is 4.18.